The Balaban J connectivity index is 1.52. The normalized spacial score (nSPS) is 11.8. The van der Waals surface area contributed by atoms with E-state index in [-0.39, 0.29) is 6.42 Å². The van der Waals surface area contributed by atoms with Gasteiger partial charge in [-0.25, -0.2) is 9.78 Å². The molecule has 38 heavy (non-hydrogen) atoms. The summed E-state index contributed by atoms with van der Waals surface area (Å²) in [4.78, 5) is 16.5. The van der Waals surface area contributed by atoms with Gasteiger partial charge < -0.3 is 18.5 Å². The number of hydrogen-bond donors (Lipinski definition) is 2. The molecule has 0 saturated carbocycles. The second-order valence-electron chi connectivity index (χ2n) is 9.81. The van der Waals surface area contributed by atoms with Crippen molar-refractivity contribution in [1.29, 1.82) is 0 Å². The van der Waals surface area contributed by atoms with E-state index in [1.54, 1.807) is 20.8 Å². The van der Waals surface area contributed by atoms with Crippen LogP contribution >= 0.6 is 0 Å². The number of aromatic nitrogens is 6. The molecule has 2 N–H and O–H groups in total. The molecule has 2 aromatic carbocycles. The number of rotatable bonds is 9. The highest BCUT2D eigenvalue weighted by Crippen LogP contribution is 2.31. The van der Waals surface area contributed by atoms with Crippen LogP contribution in [0.5, 0.6) is 0 Å². The molecule has 3 heterocycles. The summed E-state index contributed by atoms with van der Waals surface area (Å²) < 4.78 is 12.5. The minimum Gasteiger partial charge on any atom is -0.396 e. The Hall–Kier alpha value is -4.31. The topological polar surface area (TPSA) is 136 Å². The van der Waals surface area contributed by atoms with Crippen LogP contribution in [0.15, 0.2) is 62.2 Å². The third-order valence-electron chi connectivity index (χ3n) is 6.49. The number of H-pyrrole nitrogens is 1. The highest BCUT2D eigenvalue weighted by molar-refractivity contribution is 5.80. The van der Waals surface area contributed by atoms with Gasteiger partial charge in [-0.1, -0.05) is 55.5 Å². The zero-order valence-electron chi connectivity index (χ0n) is 21.9. The lowest BCUT2D eigenvalue weighted by Gasteiger charge is -2.18. The smallest absolute Gasteiger partial charge is 0.396 e. The number of nitrogens with one attached hydrogen (secondary N) is 1. The van der Waals surface area contributed by atoms with Crippen LogP contribution in [0.2, 0.25) is 0 Å². The quantitative estimate of drug-likeness (QED) is 0.295. The summed E-state index contributed by atoms with van der Waals surface area (Å²) in [5.74, 6) is 1.52. The lowest BCUT2D eigenvalue weighted by molar-refractivity contribution is 0.0730. The Morgan fingerprint density at radius 1 is 1.05 bits per heavy atom. The average molecular weight is 515 g/mol. The molecular weight excluding hydrogens is 484 g/mol. The molecule has 196 valence electrons. The number of benzene rings is 2. The summed E-state index contributed by atoms with van der Waals surface area (Å²) >= 11 is 0. The van der Waals surface area contributed by atoms with Gasteiger partial charge in [-0.15, -0.1) is 10.2 Å². The van der Waals surface area contributed by atoms with Crippen LogP contribution < -0.4 is 5.82 Å². The fourth-order valence-corrected chi connectivity index (χ4v) is 4.67. The maximum Gasteiger partial charge on any atom is 0.519 e. The van der Waals surface area contributed by atoms with Crippen LogP contribution in [-0.4, -0.2) is 35.3 Å². The number of aryl methyl sites for hydroxylation is 2. The number of aliphatic hydroxyl groups is 1. The highest BCUT2D eigenvalue weighted by Gasteiger charge is 2.29. The first kappa shape index (κ1) is 25.3. The van der Waals surface area contributed by atoms with E-state index in [1.165, 1.54) is 0 Å². The van der Waals surface area contributed by atoms with Crippen molar-refractivity contribution in [2.75, 3.05) is 0 Å². The SMILES string of the molecule is CCCc1nc(C(C)(C)O)c(Cc2oc(=O)oc2C)n1Cc1ccc(-c2ccccc2-c2nn[nH]n2)cc1. The summed E-state index contributed by atoms with van der Waals surface area (Å²) in [5.41, 5.74) is 4.17. The summed E-state index contributed by atoms with van der Waals surface area (Å²) in [6.07, 6.45) is 1.92. The number of nitrogens with zero attached hydrogens (tertiary/aromatic N) is 5. The molecule has 0 aliphatic carbocycles. The van der Waals surface area contributed by atoms with E-state index < -0.39 is 11.4 Å². The van der Waals surface area contributed by atoms with Gasteiger partial charge in [-0.05, 0) is 49.1 Å². The van der Waals surface area contributed by atoms with E-state index in [0.29, 0.717) is 29.6 Å². The number of tetrazole rings is 1. The van der Waals surface area contributed by atoms with Gasteiger partial charge in [0.25, 0.3) is 0 Å². The van der Waals surface area contributed by atoms with Crippen LogP contribution in [0.1, 0.15) is 61.5 Å². The molecule has 0 atom stereocenters. The Morgan fingerprint density at radius 2 is 1.79 bits per heavy atom. The van der Waals surface area contributed by atoms with Crippen LogP contribution in [0, 0.1) is 6.92 Å². The van der Waals surface area contributed by atoms with Crippen molar-refractivity contribution in [3.8, 4) is 22.5 Å². The standard InChI is InChI=1S/C28H30N6O4/c1-5-8-24-29-25(28(3,4)36)22(15-23-17(2)37-27(35)38-23)34(24)16-18-11-13-19(14-12-18)20-9-6-7-10-21(20)26-30-32-33-31-26/h6-7,9-14,36H,5,8,15-16H2,1-4H3,(H,30,31,32,33). The van der Waals surface area contributed by atoms with Gasteiger partial charge >= 0.3 is 5.82 Å². The van der Waals surface area contributed by atoms with Gasteiger partial charge in [0, 0.05) is 18.5 Å². The van der Waals surface area contributed by atoms with E-state index in [1.807, 2.05) is 24.3 Å². The molecule has 5 rings (SSSR count). The maximum absolute atomic E-state index is 11.7. The van der Waals surface area contributed by atoms with Crippen molar-refractivity contribution in [3.05, 3.63) is 93.4 Å². The third-order valence-corrected chi connectivity index (χ3v) is 6.49. The van der Waals surface area contributed by atoms with Gasteiger partial charge in [0.2, 0.25) is 5.82 Å². The second-order valence-corrected chi connectivity index (χ2v) is 9.81. The molecule has 0 saturated heterocycles. The van der Waals surface area contributed by atoms with Gasteiger partial charge in [0.15, 0.2) is 5.76 Å². The first-order valence-electron chi connectivity index (χ1n) is 12.6. The van der Waals surface area contributed by atoms with Crippen molar-refractivity contribution in [1.82, 2.24) is 30.2 Å². The maximum atomic E-state index is 11.7. The number of hydrogen-bond acceptors (Lipinski definition) is 8. The highest BCUT2D eigenvalue weighted by atomic mass is 16.6. The molecule has 0 aliphatic rings. The van der Waals surface area contributed by atoms with E-state index in [0.717, 1.165) is 46.6 Å². The summed E-state index contributed by atoms with van der Waals surface area (Å²) in [6.45, 7) is 7.77. The monoisotopic (exact) mass is 514 g/mol. The van der Waals surface area contributed by atoms with Gasteiger partial charge in [0.1, 0.15) is 17.2 Å². The predicted molar refractivity (Wildman–Crippen MR) is 140 cm³/mol. The van der Waals surface area contributed by atoms with Crippen LogP contribution in [0.3, 0.4) is 0 Å². The van der Waals surface area contributed by atoms with Gasteiger partial charge in [0.05, 0.1) is 17.8 Å². The van der Waals surface area contributed by atoms with Crippen molar-refractivity contribution in [2.24, 2.45) is 0 Å². The van der Waals surface area contributed by atoms with E-state index >= 15 is 0 Å². The minimum atomic E-state index is -1.18. The zero-order chi connectivity index (χ0) is 26.9. The molecular formula is C28H30N6O4. The Morgan fingerprint density at radius 3 is 2.39 bits per heavy atom. The lowest BCUT2D eigenvalue weighted by atomic mass is 9.98. The fraction of sp³-hybridized carbons (Fsp3) is 0.321. The summed E-state index contributed by atoms with van der Waals surface area (Å²) in [7, 11) is 0. The molecule has 10 heteroatoms. The molecule has 10 nitrogen and oxygen atoms in total. The molecule has 5 aromatic rings. The molecule has 0 bridgehead atoms. The lowest BCUT2D eigenvalue weighted by Crippen LogP contribution is -2.20. The van der Waals surface area contributed by atoms with Crippen LogP contribution in [0.4, 0.5) is 0 Å². The molecule has 0 spiro atoms. The van der Waals surface area contributed by atoms with Gasteiger partial charge in [-0.3, -0.25) is 0 Å². The Kier molecular flexibility index (Phi) is 6.81. The number of imidazole rings is 1. The fourth-order valence-electron chi connectivity index (χ4n) is 4.67. The van der Waals surface area contributed by atoms with Crippen molar-refractivity contribution in [3.63, 3.8) is 0 Å². The summed E-state index contributed by atoms with van der Waals surface area (Å²) in [5, 5.41) is 25.4. The van der Waals surface area contributed by atoms with E-state index in [4.69, 9.17) is 13.8 Å². The Bertz CT molecular complexity index is 1590. The third kappa shape index (κ3) is 5.08. The minimum absolute atomic E-state index is 0.282. The first-order chi connectivity index (χ1) is 18.2. The molecule has 3 aromatic heterocycles. The zero-order valence-corrected chi connectivity index (χ0v) is 21.9. The predicted octanol–water partition coefficient (Wildman–Crippen LogP) is 4.40. The molecule has 0 aliphatic heterocycles. The molecule has 0 unspecified atom stereocenters. The van der Waals surface area contributed by atoms with Crippen molar-refractivity contribution in [2.45, 2.75) is 59.1 Å². The molecule has 0 amide bonds. The second kappa shape index (κ2) is 10.2. The summed E-state index contributed by atoms with van der Waals surface area (Å²) in [6, 6.07) is 16.2. The number of aromatic amines is 1. The molecule has 0 radical (unpaired) electrons. The van der Waals surface area contributed by atoms with Crippen molar-refractivity contribution >= 4 is 0 Å². The van der Waals surface area contributed by atoms with E-state index in [2.05, 4.69) is 56.4 Å². The van der Waals surface area contributed by atoms with Gasteiger partial charge in [-0.2, -0.15) is 5.21 Å². The van der Waals surface area contributed by atoms with Crippen LogP contribution in [0.25, 0.3) is 22.5 Å². The van der Waals surface area contributed by atoms with Crippen LogP contribution in [-0.2, 0) is 25.0 Å². The largest absolute Gasteiger partial charge is 0.519 e. The molecule has 0 fully saturated rings. The first-order valence-corrected chi connectivity index (χ1v) is 12.6. The van der Waals surface area contributed by atoms with E-state index in [9.17, 15) is 9.90 Å². The average Bonchev–Trinajstić information content (AvgIpc) is 3.61. The van der Waals surface area contributed by atoms with Crippen molar-refractivity contribution < 1.29 is 13.9 Å². The Labute approximate surface area is 219 Å².